The maximum absolute atomic E-state index is 12.2. The van der Waals surface area contributed by atoms with Crippen molar-refractivity contribution in [2.24, 2.45) is 0 Å². The summed E-state index contributed by atoms with van der Waals surface area (Å²) in [7, 11) is 1.60. The Morgan fingerprint density at radius 2 is 1.90 bits per heavy atom. The van der Waals surface area contributed by atoms with Crippen molar-refractivity contribution in [2.45, 2.75) is 31.6 Å². The third kappa shape index (κ3) is 4.74. The maximum Gasteiger partial charge on any atom is 0.262 e. The van der Waals surface area contributed by atoms with Crippen LogP contribution in [0.3, 0.4) is 0 Å². The summed E-state index contributed by atoms with van der Waals surface area (Å²) >= 11 is 0. The molecular formula is C22H23N3O4. The summed E-state index contributed by atoms with van der Waals surface area (Å²) < 4.78 is 16.1. The zero-order chi connectivity index (χ0) is 20.1. The second-order valence-electron chi connectivity index (χ2n) is 7.03. The van der Waals surface area contributed by atoms with Crippen molar-refractivity contribution in [2.75, 3.05) is 19.0 Å². The SMILES string of the molecule is COc1ccc(OCC(=O)Nc2cccc(-c3noc(C4CCCC4)n3)c2)cc1. The highest BCUT2D eigenvalue weighted by Gasteiger charge is 2.23. The summed E-state index contributed by atoms with van der Waals surface area (Å²) in [6.07, 6.45) is 4.63. The van der Waals surface area contributed by atoms with Crippen LogP contribution in [0.5, 0.6) is 11.5 Å². The van der Waals surface area contributed by atoms with Crippen molar-refractivity contribution in [3.63, 3.8) is 0 Å². The van der Waals surface area contributed by atoms with Crippen molar-refractivity contribution >= 4 is 11.6 Å². The molecule has 1 aromatic heterocycles. The lowest BCUT2D eigenvalue weighted by Gasteiger charge is -2.08. The summed E-state index contributed by atoms with van der Waals surface area (Å²) in [5.74, 6) is 2.70. The first-order valence-corrected chi connectivity index (χ1v) is 9.72. The van der Waals surface area contributed by atoms with Gasteiger partial charge in [0.1, 0.15) is 11.5 Å². The molecule has 0 aliphatic heterocycles. The number of carbonyl (C=O) groups excluding carboxylic acids is 1. The lowest BCUT2D eigenvalue weighted by atomic mass is 10.1. The summed E-state index contributed by atoms with van der Waals surface area (Å²) in [4.78, 5) is 16.8. The molecule has 7 nitrogen and oxygen atoms in total. The Hall–Kier alpha value is -3.35. The number of carbonyl (C=O) groups is 1. The number of ether oxygens (including phenoxy) is 2. The lowest BCUT2D eigenvalue weighted by Crippen LogP contribution is -2.20. The molecule has 0 atom stereocenters. The molecule has 1 saturated carbocycles. The molecule has 0 bridgehead atoms. The van der Waals surface area contributed by atoms with Crippen LogP contribution in [0.4, 0.5) is 5.69 Å². The molecule has 0 unspecified atom stereocenters. The van der Waals surface area contributed by atoms with Crippen LogP contribution >= 0.6 is 0 Å². The molecule has 0 saturated heterocycles. The van der Waals surface area contributed by atoms with Gasteiger partial charge >= 0.3 is 0 Å². The van der Waals surface area contributed by atoms with E-state index in [0.717, 1.165) is 24.2 Å². The highest BCUT2D eigenvalue weighted by atomic mass is 16.5. The zero-order valence-electron chi connectivity index (χ0n) is 16.3. The van der Waals surface area contributed by atoms with Crippen LogP contribution in [-0.2, 0) is 4.79 Å². The van der Waals surface area contributed by atoms with E-state index in [2.05, 4.69) is 15.5 Å². The van der Waals surface area contributed by atoms with Crippen molar-refractivity contribution in [3.05, 3.63) is 54.4 Å². The van der Waals surface area contributed by atoms with Crippen LogP contribution < -0.4 is 14.8 Å². The molecule has 29 heavy (non-hydrogen) atoms. The number of methoxy groups -OCH3 is 1. The molecule has 150 valence electrons. The minimum atomic E-state index is -0.252. The molecule has 0 spiro atoms. The number of hydrogen-bond donors (Lipinski definition) is 1. The van der Waals surface area contributed by atoms with E-state index >= 15 is 0 Å². The van der Waals surface area contributed by atoms with Crippen molar-refractivity contribution in [1.29, 1.82) is 0 Å². The number of rotatable bonds is 7. The van der Waals surface area contributed by atoms with Gasteiger partial charge in [0.15, 0.2) is 6.61 Å². The maximum atomic E-state index is 12.2. The number of aromatic nitrogens is 2. The average Bonchev–Trinajstić information content (AvgIpc) is 3.44. The molecule has 2 aromatic carbocycles. The minimum Gasteiger partial charge on any atom is -0.497 e. The van der Waals surface area contributed by atoms with Crippen molar-refractivity contribution in [1.82, 2.24) is 10.1 Å². The van der Waals surface area contributed by atoms with Gasteiger partial charge in [-0.25, -0.2) is 0 Å². The second kappa shape index (κ2) is 8.77. The van der Waals surface area contributed by atoms with Crippen LogP contribution in [0.25, 0.3) is 11.4 Å². The summed E-state index contributed by atoms with van der Waals surface area (Å²) in [5.41, 5.74) is 1.45. The third-order valence-electron chi connectivity index (χ3n) is 4.98. The van der Waals surface area contributed by atoms with Crippen LogP contribution in [0, 0.1) is 0 Å². The van der Waals surface area contributed by atoms with E-state index in [4.69, 9.17) is 14.0 Å². The fourth-order valence-corrected chi connectivity index (χ4v) is 3.44. The normalized spacial score (nSPS) is 14.0. The van der Waals surface area contributed by atoms with Crippen LogP contribution in [-0.4, -0.2) is 29.8 Å². The van der Waals surface area contributed by atoms with E-state index in [1.54, 1.807) is 31.4 Å². The topological polar surface area (TPSA) is 86.5 Å². The molecule has 1 aliphatic carbocycles. The highest BCUT2D eigenvalue weighted by molar-refractivity contribution is 5.92. The summed E-state index contributed by atoms with van der Waals surface area (Å²) in [6.45, 7) is -0.0927. The monoisotopic (exact) mass is 393 g/mol. The van der Waals surface area contributed by atoms with Crippen molar-refractivity contribution < 1.29 is 18.8 Å². The Balaban J connectivity index is 1.36. The van der Waals surface area contributed by atoms with E-state index in [0.29, 0.717) is 29.1 Å². The van der Waals surface area contributed by atoms with Gasteiger partial charge < -0.3 is 19.3 Å². The van der Waals surface area contributed by atoms with Crippen molar-refractivity contribution in [3.8, 4) is 22.9 Å². The largest absolute Gasteiger partial charge is 0.497 e. The first-order chi connectivity index (χ1) is 14.2. The highest BCUT2D eigenvalue weighted by Crippen LogP contribution is 2.34. The molecule has 1 N–H and O–H groups in total. The van der Waals surface area contributed by atoms with E-state index in [1.165, 1.54) is 12.8 Å². The Bertz CT molecular complexity index is 962. The standard InChI is InChI=1S/C22H23N3O4/c1-27-18-9-11-19(12-10-18)28-14-20(26)23-17-8-4-7-16(13-17)21-24-22(29-25-21)15-5-2-3-6-15/h4,7-13,15H,2-3,5-6,14H2,1H3,(H,23,26). The van der Waals surface area contributed by atoms with Gasteiger partial charge in [-0.3, -0.25) is 4.79 Å². The van der Waals surface area contributed by atoms with Gasteiger partial charge in [-0.05, 0) is 49.2 Å². The molecule has 0 radical (unpaired) electrons. The van der Waals surface area contributed by atoms with Gasteiger partial charge in [-0.1, -0.05) is 30.1 Å². The Labute approximate surface area is 169 Å². The molecule has 1 heterocycles. The molecule has 3 aromatic rings. The lowest BCUT2D eigenvalue weighted by molar-refractivity contribution is -0.118. The first-order valence-electron chi connectivity index (χ1n) is 9.72. The average molecular weight is 393 g/mol. The second-order valence-corrected chi connectivity index (χ2v) is 7.03. The summed E-state index contributed by atoms with van der Waals surface area (Å²) in [5, 5.41) is 6.94. The van der Waals surface area contributed by atoms with Gasteiger partial charge in [0.25, 0.3) is 5.91 Å². The van der Waals surface area contributed by atoms with E-state index in [9.17, 15) is 4.79 Å². The number of amides is 1. The predicted octanol–water partition coefficient (Wildman–Crippen LogP) is 4.42. The van der Waals surface area contributed by atoms with Gasteiger partial charge in [-0.15, -0.1) is 0 Å². The van der Waals surface area contributed by atoms with Gasteiger partial charge in [0.2, 0.25) is 11.7 Å². The molecule has 1 aliphatic rings. The number of nitrogens with one attached hydrogen (secondary N) is 1. The van der Waals surface area contributed by atoms with E-state index in [-0.39, 0.29) is 12.5 Å². The van der Waals surface area contributed by atoms with E-state index < -0.39 is 0 Å². The first kappa shape index (κ1) is 19.0. The molecule has 4 rings (SSSR count). The molecule has 7 heteroatoms. The number of anilines is 1. The molecule has 1 fully saturated rings. The van der Waals surface area contributed by atoms with Gasteiger partial charge in [-0.2, -0.15) is 4.98 Å². The summed E-state index contributed by atoms with van der Waals surface area (Å²) in [6, 6.07) is 14.5. The zero-order valence-corrected chi connectivity index (χ0v) is 16.3. The van der Waals surface area contributed by atoms with Gasteiger partial charge in [0, 0.05) is 17.2 Å². The fourth-order valence-electron chi connectivity index (χ4n) is 3.44. The molecule has 1 amide bonds. The smallest absolute Gasteiger partial charge is 0.262 e. The Morgan fingerprint density at radius 3 is 2.66 bits per heavy atom. The van der Waals surface area contributed by atoms with Crippen LogP contribution in [0.1, 0.15) is 37.5 Å². The fraction of sp³-hybridized carbons (Fsp3) is 0.318. The van der Waals surface area contributed by atoms with E-state index in [1.807, 2.05) is 24.3 Å². The quantitative estimate of drug-likeness (QED) is 0.639. The Morgan fingerprint density at radius 1 is 1.14 bits per heavy atom. The minimum absolute atomic E-state index is 0.0927. The number of benzene rings is 2. The third-order valence-corrected chi connectivity index (χ3v) is 4.98. The molecular weight excluding hydrogens is 370 g/mol. The van der Waals surface area contributed by atoms with Gasteiger partial charge in [0.05, 0.1) is 7.11 Å². The Kier molecular flexibility index (Phi) is 5.74. The number of nitrogens with zero attached hydrogens (tertiary/aromatic N) is 2. The predicted molar refractivity (Wildman–Crippen MR) is 108 cm³/mol. The van der Waals surface area contributed by atoms with Crippen LogP contribution in [0.15, 0.2) is 53.1 Å². The van der Waals surface area contributed by atoms with Crippen LogP contribution in [0.2, 0.25) is 0 Å². The number of hydrogen-bond acceptors (Lipinski definition) is 6.